The second-order valence-corrected chi connectivity index (χ2v) is 7.61. The van der Waals surface area contributed by atoms with Crippen molar-refractivity contribution in [1.82, 2.24) is 5.32 Å². The average Bonchev–Trinajstić information content (AvgIpc) is 2.32. The summed E-state index contributed by atoms with van der Waals surface area (Å²) in [7, 11) is 0. The molecule has 0 spiro atoms. The minimum atomic E-state index is -0.226. The molecule has 0 bridgehead atoms. The molecule has 19 heavy (non-hydrogen) atoms. The Morgan fingerprint density at radius 2 is 1.68 bits per heavy atom. The average molecular weight is 266 g/mol. The van der Waals surface area contributed by atoms with Crippen LogP contribution in [0.15, 0.2) is 0 Å². The molecular formula is C16H30N2O. The molecular weight excluding hydrogens is 236 g/mol. The first kappa shape index (κ1) is 14.8. The van der Waals surface area contributed by atoms with Gasteiger partial charge in [-0.05, 0) is 43.9 Å². The SMILES string of the molecule is CC1(C)CCC(NC(=O)CC2(N)CCCCC2)CC1. The van der Waals surface area contributed by atoms with Gasteiger partial charge >= 0.3 is 0 Å². The molecule has 0 aromatic heterocycles. The highest BCUT2D eigenvalue weighted by molar-refractivity contribution is 5.77. The van der Waals surface area contributed by atoms with Gasteiger partial charge in [-0.25, -0.2) is 0 Å². The molecule has 0 atom stereocenters. The summed E-state index contributed by atoms with van der Waals surface area (Å²) in [5, 5.41) is 3.21. The number of amides is 1. The van der Waals surface area contributed by atoms with Gasteiger partial charge in [0.2, 0.25) is 5.91 Å². The van der Waals surface area contributed by atoms with Crippen LogP contribution in [-0.4, -0.2) is 17.5 Å². The summed E-state index contributed by atoms with van der Waals surface area (Å²) in [6, 6.07) is 0.382. The summed E-state index contributed by atoms with van der Waals surface area (Å²) in [4.78, 5) is 12.2. The van der Waals surface area contributed by atoms with Gasteiger partial charge in [-0.3, -0.25) is 4.79 Å². The first-order chi connectivity index (χ1) is 8.89. The van der Waals surface area contributed by atoms with Crippen LogP contribution in [0, 0.1) is 5.41 Å². The molecule has 0 saturated heterocycles. The Morgan fingerprint density at radius 1 is 1.11 bits per heavy atom. The lowest BCUT2D eigenvalue weighted by molar-refractivity contribution is -0.123. The van der Waals surface area contributed by atoms with Gasteiger partial charge in [-0.1, -0.05) is 33.1 Å². The van der Waals surface area contributed by atoms with E-state index < -0.39 is 0 Å². The van der Waals surface area contributed by atoms with Gasteiger partial charge in [-0.15, -0.1) is 0 Å². The Kier molecular flexibility index (Phi) is 4.54. The van der Waals surface area contributed by atoms with E-state index in [9.17, 15) is 4.79 Å². The van der Waals surface area contributed by atoms with E-state index in [1.54, 1.807) is 0 Å². The first-order valence-electron chi connectivity index (χ1n) is 7.97. The van der Waals surface area contributed by atoms with Crippen LogP contribution in [0.3, 0.4) is 0 Å². The van der Waals surface area contributed by atoms with Crippen molar-refractivity contribution in [3.05, 3.63) is 0 Å². The molecule has 3 N–H and O–H groups in total. The van der Waals surface area contributed by atoms with Crippen LogP contribution >= 0.6 is 0 Å². The molecule has 0 radical (unpaired) electrons. The third-order valence-electron chi connectivity index (χ3n) is 5.07. The second kappa shape index (κ2) is 5.82. The zero-order valence-electron chi connectivity index (χ0n) is 12.6. The Labute approximate surface area is 117 Å². The molecule has 3 heteroatoms. The lowest BCUT2D eigenvalue weighted by atomic mass is 9.75. The standard InChI is InChI=1S/C16H30N2O/c1-15(2)10-6-13(7-11-15)18-14(19)12-16(17)8-4-3-5-9-16/h13H,3-12,17H2,1-2H3,(H,18,19). The van der Waals surface area contributed by atoms with Gasteiger partial charge in [0.15, 0.2) is 0 Å². The summed E-state index contributed by atoms with van der Waals surface area (Å²) < 4.78 is 0. The zero-order valence-corrected chi connectivity index (χ0v) is 12.6. The predicted molar refractivity (Wildman–Crippen MR) is 78.8 cm³/mol. The molecule has 2 aliphatic carbocycles. The van der Waals surface area contributed by atoms with Crippen molar-refractivity contribution >= 4 is 5.91 Å². The van der Waals surface area contributed by atoms with Crippen LogP contribution in [0.1, 0.15) is 78.1 Å². The van der Waals surface area contributed by atoms with Crippen molar-refractivity contribution in [3.8, 4) is 0 Å². The van der Waals surface area contributed by atoms with Crippen LogP contribution in [-0.2, 0) is 4.79 Å². The van der Waals surface area contributed by atoms with E-state index in [4.69, 9.17) is 5.73 Å². The maximum atomic E-state index is 12.2. The number of rotatable bonds is 3. The van der Waals surface area contributed by atoms with E-state index >= 15 is 0 Å². The molecule has 2 fully saturated rings. The largest absolute Gasteiger partial charge is 0.353 e. The second-order valence-electron chi connectivity index (χ2n) is 7.61. The minimum absolute atomic E-state index is 0.175. The van der Waals surface area contributed by atoms with E-state index in [2.05, 4.69) is 19.2 Å². The van der Waals surface area contributed by atoms with Crippen LogP contribution in [0.25, 0.3) is 0 Å². The fourth-order valence-electron chi connectivity index (χ4n) is 3.57. The van der Waals surface area contributed by atoms with E-state index in [0.717, 1.165) is 25.7 Å². The third kappa shape index (κ3) is 4.48. The quantitative estimate of drug-likeness (QED) is 0.824. The lowest BCUT2D eigenvalue weighted by Crippen LogP contribution is -2.48. The van der Waals surface area contributed by atoms with Crippen LogP contribution in [0.4, 0.5) is 0 Å². The highest BCUT2D eigenvalue weighted by atomic mass is 16.1. The Hall–Kier alpha value is -0.570. The maximum absolute atomic E-state index is 12.2. The Morgan fingerprint density at radius 3 is 2.26 bits per heavy atom. The first-order valence-corrected chi connectivity index (χ1v) is 7.97. The van der Waals surface area contributed by atoms with Gasteiger partial charge in [0, 0.05) is 18.0 Å². The van der Waals surface area contributed by atoms with Crippen LogP contribution in [0.5, 0.6) is 0 Å². The molecule has 0 aromatic carbocycles. The van der Waals surface area contributed by atoms with Crippen molar-refractivity contribution in [1.29, 1.82) is 0 Å². The van der Waals surface area contributed by atoms with Gasteiger partial charge in [0.05, 0.1) is 0 Å². The molecule has 3 nitrogen and oxygen atoms in total. The van der Waals surface area contributed by atoms with Crippen molar-refractivity contribution in [2.75, 3.05) is 0 Å². The molecule has 0 aromatic rings. The van der Waals surface area contributed by atoms with Crippen LogP contribution in [0.2, 0.25) is 0 Å². The van der Waals surface area contributed by atoms with Crippen molar-refractivity contribution in [3.63, 3.8) is 0 Å². The van der Waals surface area contributed by atoms with Crippen molar-refractivity contribution in [2.45, 2.75) is 89.6 Å². The molecule has 2 saturated carbocycles. The van der Waals surface area contributed by atoms with E-state index in [-0.39, 0.29) is 11.4 Å². The summed E-state index contributed by atoms with van der Waals surface area (Å²) in [5.41, 5.74) is 6.58. The number of hydrogen-bond acceptors (Lipinski definition) is 2. The highest BCUT2D eigenvalue weighted by Gasteiger charge is 2.32. The molecule has 2 rings (SSSR count). The number of hydrogen-bond donors (Lipinski definition) is 2. The van der Waals surface area contributed by atoms with Crippen molar-refractivity contribution in [2.24, 2.45) is 11.1 Å². The minimum Gasteiger partial charge on any atom is -0.353 e. The molecule has 2 aliphatic rings. The van der Waals surface area contributed by atoms with Gasteiger partial charge in [-0.2, -0.15) is 0 Å². The maximum Gasteiger partial charge on any atom is 0.222 e. The van der Waals surface area contributed by atoms with Crippen molar-refractivity contribution < 1.29 is 4.79 Å². The zero-order chi connectivity index (χ0) is 13.9. The fraction of sp³-hybridized carbons (Fsp3) is 0.938. The summed E-state index contributed by atoms with van der Waals surface area (Å²) in [5.74, 6) is 0.175. The lowest BCUT2D eigenvalue weighted by Gasteiger charge is -2.36. The van der Waals surface area contributed by atoms with E-state index in [0.29, 0.717) is 17.9 Å². The number of nitrogens with two attached hydrogens (primary N) is 1. The van der Waals surface area contributed by atoms with E-state index in [1.165, 1.54) is 32.1 Å². The molecule has 110 valence electrons. The number of carbonyl (C=O) groups is 1. The van der Waals surface area contributed by atoms with Gasteiger partial charge in [0.25, 0.3) is 0 Å². The Balaban J connectivity index is 1.75. The molecule has 0 aliphatic heterocycles. The Bertz CT molecular complexity index is 309. The molecule has 0 heterocycles. The van der Waals surface area contributed by atoms with Gasteiger partial charge in [0.1, 0.15) is 0 Å². The smallest absolute Gasteiger partial charge is 0.222 e. The van der Waals surface area contributed by atoms with Gasteiger partial charge < -0.3 is 11.1 Å². The highest BCUT2D eigenvalue weighted by Crippen LogP contribution is 2.35. The number of carbonyl (C=O) groups excluding carboxylic acids is 1. The predicted octanol–water partition coefficient (Wildman–Crippen LogP) is 3.12. The normalized spacial score (nSPS) is 26.9. The summed E-state index contributed by atoms with van der Waals surface area (Å²) in [6.45, 7) is 4.64. The molecule has 0 unspecified atom stereocenters. The van der Waals surface area contributed by atoms with E-state index in [1.807, 2.05) is 0 Å². The summed E-state index contributed by atoms with van der Waals surface area (Å²) >= 11 is 0. The molecule has 1 amide bonds. The monoisotopic (exact) mass is 266 g/mol. The van der Waals surface area contributed by atoms with Crippen LogP contribution < -0.4 is 11.1 Å². The summed E-state index contributed by atoms with van der Waals surface area (Å²) in [6.07, 6.45) is 10.9. The fourth-order valence-corrected chi connectivity index (χ4v) is 3.57. The third-order valence-corrected chi connectivity index (χ3v) is 5.07. The number of nitrogens with one attached hydrogen (secondary N) is 1. The topological polar surface area (TPSA) is 55.1 Å².